The van der Waals surface area contributed by atoms with E-state index >= 15 is 13.2 Å². The molecule has 2 fully saturated rings. The summed E-state index contributed by atoms with van der Waals surface area (Å²) in [5.41, 5.74) is -1.57. The monoisotopic (exact) mass is 514 g/mol. The van der Waals surface area contributed by atoms with Crippen LogP contribution in [0.15, 0.2) is 42.5 Å². The highest BCUT2D eigenvalue weighted by Gasteiger charge is 2.60. The number of rotatable bonds is 7. The van der Waals surface area contributed by atoms with Gasteiger partial charge in [-0.25, -0.2) is 30.7 Å². The average Bonchev–Trinajstić information content (AvgIpc) is 3.02. The van der Waals surface area contributed by atoms with Gasteiger partial charge in [0.25, 0.3) is 11.8 Å². The third-order valence-electron chi connectivity index (χ3n) is 6.79. The molecule has 0 radical (unpaired) electrons. The van der Waals surface area contributed by atoms with Crippen molar-refractivity contribution in [2.45, 2.75) is 56.2 Å². The summed E-state index contributed by atoms with van der Waals surface area (Å²) in [6, 6.07) is 5.99. The zero-order valence-corrected chi connectivity index (χ0v) is 19.8. The van der Waals surface area contributed by atoms with Gasteiger partial charge in [0.05, 0.1) is 18.3 Å². The lowest BCUT2D eigenvalue weighted by Gasteiger charge is -2.40. The lowest BCUT2D eigenvalue weighted by molar-refractivity contribution is -0.162. The number of sulfonamides is 1. The van der Waals surface area contributed by atoms with Gasteiger partial charge in [0.2, 0.25) is 10.0 Å². The van der Waals surface area contributed by atoms with Gasteiger partial charge in [0.1, 0.15) is 23.3 Å². The Bertz CT molecular complexity index is 1230. The third kappa shape index (κ3) is 4.94. The normalized spacial score (nSPS) is 23.2. The van der Waals surface area contributed by atoms with E-state index in [1.807, 2.05) is 4.72 Å². The number of benzene rings is 2. The third-order valence-corrected chi connectivity index (χ3v) is 8.16. The van der Waals surface area contributed by atoms with E-state index < -0.39 is 69.9 Å². The number of amides is 1. The second-order valence-corrected chi connectivity index (χ2v) is 11.2. The van der Waals surface area contributed by atoms with E-state index in [4.69, 9.17) is 0 Å². The van der Waals surface area contributed by atoms with Crippen molar-refractivity contribution in [2.75, 3.05) is 12.3 Å². The van der Waals surface area contributed by atoms with E-state index in [0.717, 1.165) is 11.0 Å². The van der Waals surface area contributed by atoms with Crippen LogP contribution in [0.4, 0.5) is 17.6 Å². The minimum Gasteiger partial charge on any atom is -0.380 e. The van der Waals surface area contributed by atoms with Gasteiger partial charge in [0, 0.05) is 5.56 Å². The maximum atomic E-state index is 15.5. The standard InChI is InChI=1S/C24H26F4N2O4S/c1-2-35(33,34)29-21-19(30(14-24(21,27)28)22(31)23(32)10-5-11-23)13-16-7-4-9-18(20(16)26)15-6-3-8-17(25)12-15/h3-4,6-9,12,19,21,29,32H,2,5,10-11,13-14H2,1H3/t19-,21+/m0/s1. The smallest absolute Gasteiger partial charge is 0.283 e. The summed E-state index contributed by atoms with van der Waals surface area (Å²) >= 11 is 0. The van der Waals surface area contributed by atoms with E-state index in [2.05, 4.69) is 0 Å². The van der Waals surface area contributed by atoms with Crippen molar-refractivity contribution in [3.05, 3.63) is 59.7 Å². The van der Waals surface area contributed by atoms with Crippen LogP contribution in [0.1, 0.15) is 31.7 Å². The van der Waals surface area contributed by atoms with E-state index in [1.165, 1.54) is 43.3 Å². The first-order valence-electron chi connectivity index (χ1n) is 11.3. The number of alkyl halides is 2. The van der Waals surface area contributed by atoms with Gasteiger partial charge in [-0.2, -0.15) is 0 Å². The number of nitrogens with zero attached hydrogens (tertiary/aromatic N) is 1. The molecule has 1 saturated carbocycles. The second kappa shape index (κ2) is 9.18. The molecule has 2 aromatic carbocycles. The van der Waals surface area contributed by atoms with E-state index in [0.29, 0.717) is 6.42 Å². The Balaban J connectivity index is 1.74. The Morgan fingerprint density at radius 1 is 1.17 bits per heavy atom. The minimum absolute atomic E-state index is 0.0351. The molecule has 0 aromatic heterocycles. The first-order chi connectivity index (χ1) is 16.4. The lowest BCUT2D eigenvalue weighted by atomic mass is 9.79. The number of hydrogen-bond acceptors (Lipinski definition) is 4. The molecule has 11 heteroatoms. The highest BCUT2D eigenvalue weighted by Crippen LogP contribution is 2.41. The molecule has 0 spiro atoms. The Kier molecular flexibility index (Phi) is 6.71. The van der Waals surface area contributed by atoms with Crippen LogP contribution >= 0.6 is 0 Å². The molecule has 35 heavy (non-hydrogen) atoms. The molecule has 4 rings (SSSR count). The molecule has 1 aliphatic carbocycles. The number of carbonyl (C=O) groups excluding carboxylic acids is 1. The SMILES string of the molecule is CCS(=O)(=O)N[C@@H]1[C@H](Cc2cccc(-c3cccc(F)c3)c2F)N(C(=O)C2(O)CCC2)CC1(F)F. The molecular formula is C24H26F4N2O4S. The van der Waals surface area contributed by atoms with Gasteiger partial charge in [-0.15, -0.1) is 0 Å². The molecule has 1 saturated heterocycles. The zero-order chi connectivity index (χ0) is 25.6. The number of hydrogen-bond donors (Lipinski definition) is 2. The summed E-state index contributed by atoms with van der Waals surface area (Å²) in [6.07, 6.45) is 0.321. The molecule has 0 unspecified atom stereocenters. The van der Waals surface area contributed by atoms with E-state index in [9.17, 15) is 22.7 Å². The summed E-state index contributed by atoms with van der Waals surface area (Å²) in [5.74, 6) is -6.41. The van der Waals surface area contributed by atoms with Crippen molar-refractivity contribution in [2.24, 2.45) is 0 Å². The zero-order valence-electron chi connectivity index (χ0n) is 19.0. The fourth-order valence-corrected chi connectivity index (χ4v) is 5.51. The Labute approximate surface area is 201 Å². The largest absolute Gasteiger partial charge is 0.380 e. The average molecular weight is 515 g/mol. The van der Waals surface area contributed by atoms with Crippen molar-refractivity contribution in [1.29, 1.82) is 0 Å². The molecule has 2 N–H and O–H groups in total. The molecule has 1 aliphatic heterocycles. The molecule has 0 bridgehead atoms. The van der Waals surface area contributed by atoms with Crippen LogP contribution in [-0.2, 0) is 21.2 Å². The van der Waals surface area contributed by atoms with Crippen LogP contribution in [0, 0.1) is 11.6 Å². The molecule has 2 atom stereocenters. The Hall–Kier alpha value is -2.50. The van der Waals surface area contributed by atoms with Gasteiger partial charge in [-0.1, -0.05) is 30.3 Å². The molecule has 2 aromatic rings. The predicted molar refractivity (Wildman–Crippen MR) is 121 cm³/mol. The molecule has 2 aliphatic rings. The van der Waals surface area contributed by atoms with Crippen LogP contribution < -0.4 is 4.72 Å². The predicted octanol–water partition coefficient (Wildman–Crippen LogP) is 3.24. The highest BCUT2D eigenvalue weighted by atomic mass is 32.2. The number of aliphatic hydroxyl groups is 1. The lowest BCUT2D eigenvalue weighted by Crippen LogP contribution is -2.57. The first-order valence-corrected chi connectivity index (χ1v) is 13.0. The van der Waals surface area contributed by atoms with Crippen molar-refractivity contribution in [3.8, 4) is 11.1 Å². The Morgan fingerprint density at radius 3 is 2.46 bits per heavy atom. The number of likely N-dealkylation sites (tertiary alicyclic amines) is 1. The van der Waals surface area contributed by atoms with Crippen LogP contribution in [0.2, 0.25) is 0 Å². The summed E-state index contributed by atoms with van der Waals surface area (Å²) in [6.45, 7) is 0.174. The van der Waals surface area contributed by atoms with Crippen molar-refractivity contribution in [3.63, 3.8) is 0 Å². The van der Waals surface area contributed by atoms with Crippen molar-refractivity contribution >= 4 is 15.9 Å². The fourth-order valence-electron chi connectivity index (χ4n) is 4.63. The summed E-state index contributed by atoms with van der Waals surface area (Å²) in [4.78, 5) is 13.8. The van der Waals surface area contributed by atoms with Crippen LogP contribution in [0.5, 0.6) is 0 Å². The molecular weight excluding hydrogens is 488 g/mol. The first kappa shape index (κ1) is 25.6. The minimum atomic E-state index is -4.11. The van der Waals surface area contributed by atoms with Gasteiger partial charge in [0.15, 0.2) is 0 Å². The van der Waals surface area contributed by atoms with Gasteiger partial charge in [-0.3, -0.25) is 4.79 Å². The number of nitrogens with one attached hydrogen (secondary N) is 1. The van der Waals surface area contributed by atoms with Crippen LogP contribution in [-0.4, -0.2) is 60.2 Å². The molecule has 6 nitrogen and oxygen atoms in total. The van der Waals surface area contributed by atoms with Crippen LogP contribution in [0.3, 0.4) is 0 Å². The van der Waals surface area contributed by atoms with E-state index in [-0.39, 0.29) is 29.5 Å². The van der Waals surface area contributed by atoms with Gasteiger partial charge >= 0.3 is 0 Å². The Morgan fingerprint density at radius 2 is 1.86 bits per heavy atom. The van der Waals surface area contributed by atoms with Crippen molar-refractivity contribution in [1.82, 2.24) is 9.62 Å². The molecule has 1 heterocycles. The summed E-state index contributed by atoms with van der Waals surface area (Å²) in [7, 11) is -4.11. The molecule has 190 valence electrons. The summed E-state index contributed by atoms with van der Waals surface area (Å²) < 4.78 is 85.8. The van der Waals surface area contributed by atoms with Crippen molar-refractivity contribution < 1.29 is 35.9 Å². The quantitative estimate of drug-likeness (QED) is 0.556. The maximum absolute atomic E-state index is 15.5. The maximum Gasteiger partial charge on any atom is 0.283 e. The van der Waals surface area contributed by atoms with Gasteiger partial charge in [-0.05, 0) is 55.9 Å². The second-order valence-electron chi connectivity index (χ2n) is 9.14. The highest BCUT2D eigenvalue weighted by molar-refractivity contribution is 7.89. The topological polar surface area (TPSA) is 86.7 Å². The molecule has 1 amide bonds. The summed E-state index contributed by atoms with van der Waals surface area (Å²) in [5, 5.41) is 10.5. The fraction of sp³-hybridized carbons (Fsp3) is 0.458. The van der Waals surface area contributed by atoms with E-state index in [1.54, 1.807) is 0 Å². The van der Waals surface area contributed by atoms with Crippen LogP contribution in [0.25, 0.3) is 11.1 Å². The van der Waals surface area contributed by atoms with Gasteiger partial charge < -0.3 is 10.0 Å². The number of halogens is 4. The number of carbonyl (C=O) groups is 1.